The summed E-state index contributed by atoms with van der Waals surface area (Å²) < 4.78 is 46.6. The number of rotatable bonds is 10. The molecule has 0 spiro atoms. The summed E-state index contributed by atoms with van der Waals surface area (Å²) in [6.45, 7) is 3.94. The highest BCUT2D eigenvalue weighted by atomic mass is 19.1. The number of ether oxygens (including phenoxy) is 6. The molecule has 5 atom stereocenters. The van der Waals surface area contributed by atoms with Crippen LogP contribution in [0.4, 0.5) is 4.39 Å². The highest BCUT2D eigenvalue weighted by Gasteiger charge is 2.53. The van der Waals surface area contributed by atoms with Gasteiger partial charge in [0.2, 0.25) is 12.4 Å². The number of hydrogen-bond donors (Lipinski definition) is 1. The third-order valence-electron chi connectivity index (χ3n) is 5.78. The molecule has 0 amide bonds. The average Bonchev–Trinajstić information content (AvgIpc) is 2.87. The normalized spacial score (nSPS) is 21.7. The van der Waals surface area contributed by atoms with E-state index in [4.69, 9.17) is 28.4 Å². The first-order valence-corrected chi connectivity index (χ1v) is 12.4. The molecule has 0 saturated carbocycles. The summed E-state index contributed by atoms with van der Waals surface area (Å²) in [6, 6.07) is 9.38. The number of halogens is 1. The summed E-state index contributed by atoms with van der Waals surface area (Å²) in [5.41, 5.74) is 0.0388. The van der Waals surface area contributed by atoms with E-state index in [0.717, 1.165) is 33.8 Å². The van der Waals surface area contributed by atoms with Gasteiger partial charge in [-0.15, -0.1) is 0 Å². The summed E-state index contributed by atoms with van der Waals surface area (Å²) in [7, 11) is 0. The van der Waals surface area contributed by atoms with Gasteiger partial charge >= 0.3 is 23.9 Å². The summed E-state index contributed by atoms with van der Waals surface area (Å²) in [6.07, 6.45) is -7.38. The average molecular weight is 577 g/mol. The van der Waals surface area contributed by atoms with Crippen molar-refractivity contribution in [1.82, 2.24) is 0 Å². The predicted molar refractivity (Wildman–Crippen MR) is 135 cm³/mol. The van der Waals surface area contributed by atoms with Gasteiger partial charge in [0, 0.05) is 40.2 Å². The van der Waals surface area contributed by atoms with Crippen LogP contribution in [0.15, 0.2) is 42.5 Å². The van der Waals surface area contributed by atoms with E-state index in [1.165, 1.54) is 30.3 Å². The quantitative estimate of drug-likeness (QED) is 0.250. The van der Waals surface area contributed by atoms with Crippen LogP contribution in [0.25, 0.3) is 0 Å². The molecule has 2 aromatic carbocycles. The third kappa shape index (κ3) is 8.48. The van der Waals surface area contributed by atoms with Crippen molar-refractivity contribution in [3.63, 3.8) is 0 Å². The van der Waals surface area contributed by atoms with Gasteiger partial charge in [0.1, 0.15) is 30.0 Å². The zero-order valence-corrected chi connectivity index (χ0v) is 22.7. The van der Waals surface area contributed by atoms with Crippen molar-refractivity contribution in [3.8, 4) is 11.5 Å². The Kier molecular flexibility index (Phi) is 10.4. The van der Waals surface area contributed by atoms with E-state index in [2.05, 4.69) is 0 Å². The molecule has 1 heterocycles. The van der Waals surface area contributed by atoms with Gasteiger partial charge in [-0.2, -0.15) is 0 Å². The van der Waals surface area contributed by atoms with Crippen LogP contribution in [-0.2, 0) is 49.3 Å². The first kappa shape index (κ1) is 31.0. The Labute approximate surface area is 234 Å². The number of ketones is 1. The lowest BCUT2D eigenvalue weighted by atomic mass is 9.98. The van der Waals surface area contributed by atoms with E-state index in [-0.39, 0.29) is 23.3 Å². The van der Waals surface area contributed by atoms with Crippen LogP contribution in [0.3, 0.4) is 0 Å². The maximum atomic E-state index is 14.0. The van der Waals surface area contributed by atoms with Crippen molar-refractivity contribution in [2.75, 3.05) is 6.61 Å². The monoisotopic (exact) mass is 576 g/mol. The van der Waals surface area contributed by atoms with Gasteiger partial charge in [0.25, 0.3) is 0 Å². The second-order valence-corrected chi connectivity index (χ2v) is 9.06. The molecule has 1 fully saturated rings. The molecule has 1 saturated heterocycles. The molecule has 0 unspecified atom stereocenters. The number of phenols is 1. The van der Waals surface area contributed by atoms with Crippen molar-refractivity contribution in [2.24, 2.45) is 0 Å². The maximum Gasteiger partial charge on any atom is 0.303 e. The van der Waals surface area contributed by atoms with E-state index in [1.54, 1.807) is 6.07 Å². The highest BCUT2D eigenvalue weighted by Crippen LogP contribution is 2.33. The van der Waals surface area contributed by atoms with Crippen LogP contribution in [0.2, 0.25) is 0 Å². The Morgan fingerprint density at radius 1 is 0.829 bits per heavy atom. The Morgan fingerprint density at radius 3 is 2.02 bits per heavy atom. The van der Waals surface area contributed by atoms with Crippen LogP contribution >= 0.6 is 0 Å². The van der Waals surface area contributed by atoms with Crippen LogP contribution in [0.1, 0.15) is 43.6 Å². The van der Waals surface area contributed by atoms with Gasteiger partial charge in [-0.05, 0) is 23.8 Å². The van der Waals surface area contributed by atoms with Gasteiger partial charge in [-0.3, -0.25) is 24.0 Å². The highest BCUT2D eigenvalue weighted by molar-refractivity contribution is 6.00. The predicted octanol–water partition coefficient (Wildman–Crippen LogP) is 2.42. The number of benzene rings is 2. The number of phenolic OH excluding ortho intramolecular Hbond substituents is 1. The Balaban J connectivity index is 1.92. The minimum absolute atomic E-state index is 0.0640. The smallest absolute Gasteiger partial charge is 0.303 e. The second-order valence-electron chi connectivity index (χ2n) is 9.06. The molecular formula is C28H29FO12. The molecular weight excluding hydrogens is 547 g/mol. The molecule has 1 N–H and O–H groups in total. The van der Waals surface area contributed by atoms with Crippen molar-refractivity contribution in [1.29, 1.82) is 0 Å². The van der Waals surface area contributed by atoms with E-state index < -0.39 is 78.5 Å². The van der Waals surface area contributed by atoms with Crippen molar-refractivity contribution >= 4 is 29.7 Å². The number of carbonyl (C=O) groups excluding carboxylic acids is 5. The zero-order chi connectivity index (χ0) is 30.3. The largest absolute Gasteiger partial charge is 0.507 e. The number of aromatic hydroxyl groups is 1. The Morgan fingerprint density at radius 2 is 1.44 bits per heavy atom. The van der Waals surface area contributed by atoms with Crippen LogP contribution in [0.5, 0.6) is 11.5 Å². The zero-order valence-electron chi connectivity index (χ0n) is 22.7. The summed E-state index contributed by atoms with van der Waals surface area (Å²) >= 11 is 0. The van der Waals surface area contributed by atoms with E-state index in [0.29, 0.717) is 0 Å². The summed E-state index contributed by atoms with van der Waals surface area (Å²) in [5, 5.41) is 10.6. The molecule has 1 aliphatic heterocycles. The fraction of sp³-hybridized carbons (Fsp3) is 0.393. The molecule has 0 aromatic heterocycles. The molecule has 2 aromatic rings. The summed E-state index contributed by atoms with van der Waals surface area (Å²) in [5.74, 6) is -4.78. The first-order chi connectivity index (χ1) is 19.3. The molecule has 13 heteroatoms. The molecule has 3 rings (SSSR count). The van der Waals surface area contributed by atoms with E-state index in [1.807, 2.05) is 0 Å². The minimum atomic E-state index is -1.53. The van der Waals surface area contributed by atoms with Gasteiger partial charge < -0.3 is 33.5 Å². The van der Waals surface area contributed by atoms with Crippen molar-refractivity contribution in [2.45, 2.75) is 64.8 Å². The molecule has 220 valence electrons. The fourth-order valence-electron chi connectivity index (χ4n) is 4.15. The Hall–Kier alpha value is -4.52. The number of Topliss-reactive ketones (excluding diaryl/α,β-unsaturated/α-hetero) is 1. The van der Waals surface area contributed by atoms with Crippen LogP contribution in [-0.4, -0.2) is 72.1 Å². The molecule has 0 bridgehead atoms. The molecule has 1 aliphatic rings. The third-order valence-corrected chi connectivity index (χ3v) is 5.78. The van der Waals surface area contributed by atoms with E-state index >= 15 is 0 Å². The molecule has 41 heavy (non-hydrogen) atoms. The molecule has 0 radical (unpaired) electrons. The number of esters is 4. The lowest BCUT2D eigenvalue weighted by molar-refractivity contribution is -0.288. The fourth-order valence-corrected chi connectivity index (χ4v) is 4.15. The van der Waals surface area contributed by atoms with E-state index in [9.17, 15) is 33.5 Å². The summed E-state index contributed by atoms with van der Waals surface area (Å²) in [4.78, 5) is 59.9. The molecule has 0 aliphatic carbocycles. The number of carbonyl (C=O) groups is 5. The first-order valence-electron chi connectivity index (χ1n) is 12.4. The van der Waals surface area contributed by atoms with Gasteiger partial charge in [-0.25, -0.2) is 4.39 Å². The minimum Gasteiger partial charge on any atom is -0.507 e. The van der Waals surface area contributed by atoms with Gasteiger partial charge in [0.15, 0.2) is 18.0 Å². The maximum absolute atomic E-state index is 14.0. The van der Waals surface area contributed by atoms with Gasteiger partial charge in [-0.1, -0.05) is 18.2 Å². The van der Waals surface area contributed by atoms with Crippen LogP contribution < -0.4 is 4.74 Å². The number of hydrogen-bond acceptors (Lipinski definition) is 12. The molecule has 12 nitrogen and oxygen atoms in total. The second kappa shape index (κ2) is 13.7. The lowest BCUT2D eigenvalue weighted by Crippen LogP contribution is -2.63. The van der Waals surface area contributed by atoms with Gasteiger partial charge in [0.05, 0.1) is 5.56 Å². The van der Waals surface area contributed by atoms with Crippen molar-refractivity contribution < 1.29 is 61.9 Å². The van der Waals surface area contributed by atoms with Crippen LogP contribution in [0, 0.1) is 5.82 Å². The standard InChI is InChI=1S/C28H29FO12/c1-14(30)36-13-24-25(37-15(2)31)26(38-16(3)32)27(39-17(4)33)28(41-24)40-19-9-10-20(23(35)12-19)22(34)11-18-7-5-6-8-21(18)29/h5-10,12,24-28,35H,11,13H2,1-4H3/t24-,25+,26+,27+,28-/m1/s1. The Bertz CT molecular complexity index is 1310. The topological polar surface area (TPSA) is 161 Å². The SMILES string of the molecule is CC(=O)OC[C@H]1O[C@@H](Oc2ccc(C(=O)Cc3ccccc3F)c(O)c2)[C@@H](OC(C)=O)[C@@H](OC(C)=O)[C@H]1OC(C)=O. The van der Waals surface area contributed by atoms with Crippen molar-refractivity contribution in [3.05, 3.63) is 59.4 Å². The lowest BCUT2D eigenvalue weighted by Gasteiger charge is -2.43.